The fraction of sp³-hybridized carbons (Fsp3) is 1.00. The molecule has 0 bridgehead atoms. The zero-order valence-corrected chi connectivity index (χ0v) is 10.9. The summed E-state index contributed by atoms with van der Waals surface area (Å²) in [6.07, 6.45) is 12.1. The summed E-state index contributed by atoms with van der Waals surface area (Å²) in [6.45, 7) is 8.46. The van der Waals surface area contributed by atoms with Gasteiger partial charge in [-0.25, -0.2) is 0 Å². The second-order valence-corrected chi connectivity index (χ2v) is 6.98. The van der Waals surface area contributed by atoms with Gasteiger partial charge in [0.25, 0.3) is 0 Å². The molecule has 15 heavy (non-hydrogen) atoms. The minimum absolute atomic E-state index is 0.546. The summed E-state index contributed by atoms with van der Waals surface area (Å²) in [7, 11) is 0. The van der Waals surface area contributed by atoms with Crippen LogP contribution >= 0.6 is 0 Å². The van der Waals surface area contributed by atoms with Crippen molar-refractivity contribution in [3.8, 4) is 0 Å². The van der Waals surface area contributed by atoms with Crippen LogP contribution in [0.5, 0.6) is 0 Å². The van der Waals surface area contributed by atoms with Crippen LogP contribution in [0.15, 0.2) is 0 Å². The molecule has 2 saturated carbocycles. The van der Waals surface area contributed by atoms with Gasteiger partial charge >= 0.3 is 0 Å². The summed E-state index contributed by atoms with van der Waals surface area (Å²) in [5.74, 6) is 2.13. The Labute approximate surface area is 96.3 Å². The van der Waals surface area contributed by atoms with Gasteiger partial charge in [-0.15, -0.1) is 0 Å². The molecule has 0 spiro atoms. The smallest absolute Gasteiger partial charge is 0.0667 e. The van der Waals surface area contributed by atoms with Crippen LogP contribution in [0.3, 0.4) is 0 Å². The maximum absolute atomic E-state index is 2.48. The van der Waals surface area contributed by atoms with Crippen molar-refractivity contribution >= 4 is 6.71 Å². The topological polar surface area (TPSA) is 0 Å². The van der Waals surface area contributed by atoms with Crippen LogP contribution < -0.4 is 0 Å². The van der Waals surface area contributed by atoms with Crippen molar-refractivity contribution in [2.24, 2.45) is 0 Å². The average Bonchev–Trinajstić information content (AvgIpc) is 2.73. The molecule has 0 amide bonds. The Hall–Kier alpha value is 0.0649. The molecule has 86 valence electrons. The Morgan fingerprint density at radius 2 is 1.07 bits per heavy atom. The average molecular weight is 206 g/mol. The second kappa shape index (κ2) is 4.51. The molecule has 0 aromatic rings. The molecular weight excluding hydrogens is 179 g/mol. The van der Waals surface area contributed by atoms with Crippen molar-refractivity contribution in [2.45, 2.75) is 89.1 Å². The fourth-order valence-electron chi connectivity index (χ4n) is 4.43. The van der Waals surface area contributed by atoms with E-state index < -0.39 is 0 Å². The predicted molar refractivity (Wildman–Crippen MR) is 69.9 cm³/mol. The first-order chi connectivity index (χ1) is 7.09. The molecule has 0 unspecified atom stereocenters. The first-order valence-corrected chi connectivity index (χ1v) is 7.09. The van der Waals surface area contributed by atoms with Gasteiger partial charge in [0.15, 0.2) is 6.71 Å². The lowest BCUT2D eigenvalue weighted by Crippen LogP contribution is -2.34. The molecule has 0 aromatic carbocycles. The van der Waals surface area contributed by atoms with E-state index in [4.69, 9.17) is 0 Å². The van der Waals surface area contributed by atoms with Crippen molar-refractivity contribution in [1.82, 2.24) is 0 Å². The van der Waals surface area contributed by atoms with E-state index in [9.17, 15) is 0 Å². The highest BCUT2D eigenvalue weighted by Gasteiger charge is 2.42. The van der Waals surface area contributed by atoms with E-state index in [0.717, 1.165) is 18.3 Å². The third-order valence-electron chi connectivity index (χ3n) is 4.82. The van der Waals surface area contributed by atoms with Crippen LogP contribution in [0.25, 0.3) is 0 Å². The highest BCUT2D eigenvalue weighted by Crippen LogP contribution is 2.51. The molecule has 1 heteroatoms. The van der Waals surface area contributed by atoms with E-state index >= 15 is 0 Å². The Morgan fingerprint density at radius 1 is 0.733 bits per heavy atom. The normalized spacial score (nSPS) is 25.0. The summed E-state index contributed by atoms with van der Waals surface area (Å²) in [4.78, 5) is 0. The summed E-state index contributed by atoms with van der Waals surface area (Å²) in [6, 6.07) is 0. The van der Waals surface area contributed by atoms with Crippen LogP contribution in [0.1, 0.15) is 72.1 Å². The van der Waals surface area contributed by atoms with Crippen molar-refractivity contribution in [1.29, 1.82) is 0 Å². The van der Waals surface area contributed by atoms with Gasteiger partial charge in [0, 0.05) is 0 Å². The summed E-state index contributed by atoms with van der Waals surface area (Å²) in [5, 5.41) is 0.546. The highest BCUT2D eigenvalue weighted by molar-refractivity contribution is 6.65. The minimum Gasteiger partial charge on any atom is -0.0667 e. The van der Waals surface area contributed by atoms with E-state index in [1.807, 2.05) is 0 Å². The van der Waals surface area contributed by atoms with Gasteiger partial charge in [-0.05, 0) is 0 Å². The third-order valence-corrected chi connectivity index (χ3v) is 4.82. The first kappa shape index (κ1) is 11.5. The van der Waals surface area contributed by atoms with Gasteiger partial charge in [-0.1, -0.05) is 89.1 Å². The molecule has 2 aliphatic carbocycles. The zero-order chi connectivity index (χ0) is 10.9. The van der Waals surface area contributed by atoms with Gasteiger partial charge in [0.05, 0.1) is 0 Å². The van der Waals surface area contributed by atoms with Crippen LogP contribution in [-0.2, 0) is 0 Å². The molecule has 0 atom stereocenters. The van der Waals surface area contributed by atoms with Crippen LogP contribution in [0, 0.1) is 0 Å². The summed E-state index contributed by atoms with van der Waals surface area (Å²) < 4.78 is 0. The van der Waals surface area contributed by atoms with Gasteiger partial charge in [-0.2, -0.15) is 0 Å². The van der Waals surface area contributed by atoms with Crippen molar-refractivity contribution in [2.75, 3.05) is 0 Å². The number of hydrogen-bond acceptors (Lipinski definition) is 0. The Morgan fingerprint density at radius 3 is 1.33 bits per heavy atom. The Kier molecular flexibility index (Phi) is 3.47. The third kappa shape index (κ3) is 2.60. The fourth-order valence-corrected chi connectivity index (χ4v) is 4.43. The molecule has 0 aromatic heterocycles. The molecule has 2 rings (SSSR count). The van der Waals surface area contributed by atoms with E-state index in [1.54, 1.807) is 0 Å². The monoisotopic (exact) mass is 206 g/mol. The standard InChI is InChI=1S/C14H27B/c1-14(2,3)15(12-8-4-5-9-12)13-10-6-7-11-13/h12-13H,4-11H2,1-3H3. The molecule has 0 aliphatic heterocycles. The lowest BCUT2D eigenvalue weighted by atomic mass is 9.23. The highest BCUT2D eigenvalue weighted by atomic mass is 14.3. The molecule has 0 saturated heterocycles. The minimum atomic E-state index is 0.546. The predicted octanol–water partition coefficient (Wildman–Crippen LogP) is 5.17. The largest absolute Gasteiger partial charge is 0.152 e. The lowest BCUT2D eigenvalue weighted by molar-refractivity contribution is 0.648. The first-order valence-electron chi connectivity index (χ1n) is 7.09. The van der Waals surface area contributed by atoms with Crippen molar-refractivity contribution < 1.29 is 0 Å². The van der Waals surface area contributed by atoms with Gasteiger partial charge < -0.3 is 0 Å². The van der Waals surface area contributed by atoms with E-state index in [1.165, 1.54) is 51.4 Å². The summed E-state index contributed by atoms with van der Waals surface area (Å²) in [5.41, 5.74) is 0. The SMILES string of the molecule is CC(C)(C)B(C1CCCC1)C1CCCC1. The zero-order valence-electron chi connectivity index (χ0n) is 10.9. The van der Waals surface area contributed by atoms with E-state index in [2.05, 4.69) is 20.8 Å². The summed E-state index contributed by atoms with van der Waals surface area (Å²) >= 11 is 0. The van der Waals surface area contributed by atoms with Gasteiger partial charge in [0.2, 0.25) is 0 Å². The molecule has 2 aliphatic rings. The van der Waals surface area contributed by atoms with E-state index in [-0.39, 0.29) is 0 Å². The number of hydrogen-bond donors (Lipinski definition) is 0. The van der Waals surface area contributed by atoms with Crippen molar-refractivity contribution in [3.63, 3.8) is 0 Å². The molecular formula is C14H27B. The quantitative estimate of drug-likeness (QED) is 0.546. The molecule has 0 N–H and O–H groups in total. The maximum atomic E-state index is 2.48. The van der Waals surface area contributed by atoms with Crippen molar-refractivity contribution in [3.05, 3.63) is 0 Å². The molecule has 0 heterocycles. The van der Waals surface area contributed by atoms with Gasteiger partial charge in [-0.3, -0.25) is 0 Å². The van der Waals surface area contributed by atoms with Gasteiger partial charge in [0.1, 0.15) is 0 Å². The van der Waals surface area contributed by atoms with E-state index in [0.29, 0.717) is 5.31 Å². The Bertz CT molecular complexity index is 176. The Balaban J connectivity index is 2.07. The molecule has 0 radical (unpaired) electrons. The number of rotatable bonds is 2. The molecule has 0 nitrogen and oxygen atoms in total. The second-order valence-electron chi connectivity index (χ2n) is 6.98. The van der Waals surface area contributed by atoms with Crippen LogP contribution in [0.4, 0.5) is 0 Å². The molecule has 2 fully saturated rings. The van der Waals surface area contributed by atoms with Crippen LogP contribution in [0.2, 0.25) is 16.9 Å². The lowest BCUT2D eigenvalue weighted by Gasteiger charge is -2.37. The maximum Gasteiger partial charge on any atom is 0.152 e. The van der Waals surface area contributed by atoms with Crippen LogP contribution in [-0.4, -0.2) is 6.71 Å².